The molecule has 7 heteroatoms. The van der Waals surface area contributed by atoms with E-state index >= 15 is 0 Å². The minimum absolute atomic E-state index is 0.184. The Bertz CT molecular complexity index is 1280. The lowest BCUT2D eigenvalue weighted by atomic mass is 9.60. The summed E-state index contributed by atoms with van der Waals surface area (Å²) in [5.74, 6) is -0.367. The highest BCUT2D eigenvalue weighted by atomic mass is 16.5. The average Bonchev–Trinajstić information content (AvgIpc) is 2.96. The number of hydrogen-bond acceptors (Lipinski definition) is 5. The van der Waals surface area contributed by atoms with Gasteiger partial charge in [-0.2, -0.15) is 0 Å². The van der Waals surface area contributed by atoms with Crippen LogP contribution >= 0.6 is 0 Å². The molecule has 1 aliphatic rings. The van der Waals surface area contributed by atoms with E-state index in [4.69, 9.17) is 9.47 Å². The van der Waals surface area contributed by atoms with Gasteiger partial charge in [0.25, 0.3) is 5.91 Å². The first-order valence-electron chi connectivity index (χ1n) is 14.2. The van der Waals surface area contributed by atoms with Crippen LogP contribution in [0.1, 0.15) is 71.2 Å². The Morgan fingerprint density at radius 3 is 2.05 bits per heavy atom. The van der Waals surface area contributed by atoms with Gasteiger partial charge < -0.3 is 20.1 Å². The lowest BCUT2D eigenvalue weighted by molar-refractivity contribution is -0.126. The first kappa shape index (κ1) is 31.8. The third-order valence-electron chi connectivity index (χ3n) is 8.47. The maximum atomic E-state index is 13.5. The molecular weight excluding hydrogens is 516 g/mol. The van der Waals surface area contributed by atoms with Crippen LogP contribution < -0.4 is 10.6 Å². The van der Waals surface area contributed by atoms with Crippen molar-refractivity contribution in [1.82, 2.24) is 5.32 Å². The summed E-state index contributed by atoms with van der Waals surface area (Å²) in [6, 6.07) is 18.0. The van der Waals surface area contributed by atoms with Crippen molar-refractivity contribution < 1.29 is 23.9 Å². The van der Waals surface area contributed by atoms with E-state index in [1.165, 1.54) is 0 Å². The molecule has 2 unspecified atom stereocenters. The Hall–Kier alpha value is -3.71. The zero-order valence-corrected chi connectivity index (χ0v) is 25.4. The van der Waals surface area contributed by atoms with Gasteiger partial charge in [-0.05, 0) is 41.9 Å². The number of methoxy groups -OCH3 is 1. The summed E-state index contributed by atoms with van der Waals surface area (Å²) < 4.78 is 12.4. The lowest BCUT2D eigenvalue weighted by Gasteiger charge is -2.53. The molecule has 2 N–H and O–H groups in total. The molecule has 0 spiro atoms. The molecular formula is C34H44N2O5. The first-order valence-corrected chi connectivity index (χ1v) is 14.2. The Kier molecular flexibility index (Phi) is 10.3. The Morgan fingerprint density at radius 1 is 0.878 bits per heavy atom. The van der Waals surface area contributed by atoms with Crippen molar-refractivity contribution in [2.75, 3.05) is 19.0 Å². The normalized spacial score (nSPS) is 19.0. The van der Waals surface area contributed by atoms with Crippen LogP contribution in [0.4, 0.5) is 5.69 Å². The number of rotatable bonds is 13. The summed E-state index contributed by atoms with van der Waals surface area (Å²) >= 11 is 0. The highest BCUT2D eigenvalue weighted by Gasteiger charge is 2.55. The third kappa shape index (κ3) is 7.14. The van der Waals surface area contributed by atoms with E-state index < -0.39 is 22.5 Å². The summed E-state index contributed by atoms with van der Waals surface area (Å²) in [6.45, 7) is 12.3. The van der Waals surface area contributed by atoms with E-state index in [9.17, 15) is 14.4 Å². The topological polar surface area (TPSA) is 93.7 Å². The van der Waals surface area contributed by atoms with Crippen LogP contribution in [0, 0.1) is 10.8 Å². The second-order valence-electron chi connectivity index (χ2n) is 11.8. The van der Waals surface area contributed by atoms with E-state index in [0.717, 1.165) is 18.4 Å². The summed E-state index contributed by atoms with van der Waals surface area (Å²) in [5, 5.41) is 6.08. The number of amides is 2. The number of para-hydroxylation sites is 1. The van der Waals surface area contributed by atoms with Gasteiger partial charge in [-0.15, -0.1) is 0 Å². The van der Waals surface area contributed by atoms with Gasteiger partial charge in [-0.3, -0.25) is 14.4 Å². The minimum atomic E-state index is -0.981. The molecule has 0 heterocycles. The standard InChI is InChI=1S/C34H44N2O5/c1-8-32(3,4)30-27(41-23-29(39)35-25-18-14-11-15-19-25)20-21-34(31(30)40-7,33(5,6)9-2)36-28(38)22-26(37)24-16-12-10-13-17-24/h10-21,31H,8-9,22-23H2,1-7H3,(H,35,39)(H,36,38). The van der Waals surface area contributed by atoms with Gasteiger partial charge in [-0.25, -0.2) is 0 Å². The van der Waals surface area contributed by atoms with Crippen molar-refractivity contribution in [1.29, 1.82) is 0 Å². The Labute approximate surface area is 244 Å². The number of carbonyl (C=O) groups is 3. The van der Waals surface area contributed by atoms with Crippen molar-refractivity contribution in [3.63, 3.8) is 0 Å². The maximum Gasteiger partial charge on any atom is 0.262 e. The van der Waals surface area contributed by atoms with Crippen molar-refractivity contribution in [3.8, 4) is 0 Å². The number of hydrogen-bond donors (Lipinski definition) is 2. The zero-order valence-electron chi connectivity index (χ0n) is 25.4. The maximum absolute atomic E-state index is 13.5. The Morgan fingerprint density at radius 2 is 1.49 bits per heavy atom. The van der Waals surface area contributed by atoms with Crippen LogP contribution in [0.5, 0.6) is 0 Å². The molecule has 0 radical (unpaired) electrons. The van der Waals surface area contributed by atoms with Gasteiger partial charge in [0.05, 0.1) is 12.0 Å². The third-order valence-corrected chi connectivity index (χ3v) is 8.47. The number of allylic oxidation sites excluding steroid dienone is 1. The SMILES string of the molecule is CCC(C)(C)C1=C(OCC(=O)Nc2ccccc2)C=CC(NC(=O)CC(=O)c2ccccc2)(C(C)(C)CC)C1OC. The molecule has 2 amide bonds. The summed E-state index contributed by atoms with van der Waals surface area (Å²) in [6.07, 6.45) is 4.35. The van der Waals surface area contributed by atoms with E-state index in [1.54, 1.807) is 31.4 Å². The number of benzene rings is 2. The molecule has 2 atom stereocenters. The molecule has 0 saturated carbocycles. The van der Waals surface area contributed by atoms with Crippen LogP contribution in [0.2, 0.25) is 0 Å². The number of anilines is 1. The molecule has 1 aliphatic carbocycles. The summed E-state index contributed by atoms with van der Waals surface area (Å²) in [7, 11) is 1.62. The smallest absolute Gasteiger partial charge is 0.262 e. The number of ether oxygens (including phenoxy) is 2. The van der Waals surface area contributed by atoms with Crippen LogP contribution in [-0.4, -0.2) is 43.0 Å². The van der Waals surface area contributed by atoms with E-state index in [2.05, 4.69) is 52.2 Å². The molecule has 0 bridgehead atoms. The minimum Gasteiger partial charge on any atom is -0.484 e. The molecule has 0 aromatic heterocycles. The van der Waals surface area contributed by atoms with Gasteiger partial charge >= 0.3 is 0 Å². The van der Waals surface area contributed by atoms with Crippen LogP contribution in [0.3, 0.4) is 0 Å². The molecule has 7 nitrogen and oxygen atoms in total. The molecule has 0 saturated heterocycles. The van der Waals surface area contributed by atoms with Gasteiger partial charge in [0.2, 0.25) is 5.91 Å². The summed E-state index contributed by atoms with van der Waals surface area (Å²) in [5.41, 5.74) is 0.192. The quantitative estimate of drug-likeness (QED) is 0.216. The highest BCUT2D eigenvalue weighted by Crippen LogP contribution is 2.49. The molecule has 2 aromatic rings. The van der Waals surface area contributed by atoms with Crippen molar-refractivity contribution in [2.24, 2.45) is 10.8 Å². The largest absolute Gasteiger partial charge is 0.484 e. The molecule has 41 heavy (non-hydrogen) atoms. The van der Waals surface area contributed by atoms with E-state index in [0.29, 0.717) is 17.0 Å². The van der Waals surface area contributed by atoms with Crippen molar-refractivity contribution >= 4 is 23.3 Å². The predicted octanol–water partition coefficient (Wildman–Crippen LogP) is 6.48. The zero-order chi connectivity index (χ0) is 30.3. The molecule has 220 valence electrons. The van der Waals surface area contributed by atoms with Gasteiger partial charge in [0.1, 0.15) is 11.9 Å². The van der Waals surface area contributed by atoms with Crippen molar-refractivity contribution in [3.05, 3.63) is 89.7 Å². The monoisotopic (exact) mass is 560 g/mol. The fourth-order valence-corrected chi connectivity index (χ4v) is 5.21. The van der Waals surface area contributed by atoms with Gasteiger partial charge in [0.15, 0.2) is 12.4 Å². The van der Waals surface area contributed by atoms with Crippen LogP contribution in [0.15, 0.2) is 84.1 Å². The van der Waals surface area contributed by atoms with Gasteiger partial charge in [0, 0.05) is 23.9 Å². The second-order valence-corrected chi connectivity index (χ2v) is 11.8. The first-order chi connectivity index (χ1) is 19.4. The van der Waals surface area contributed by atoms with E-state index in [1.807, 2.05) is 48.6 Å². The number of Topliss-reactive ketones (excluding diaryl/α,β-unsaturated/α-hetero) is 1. The number of carbonyl (C=O) groups excluding carboxylic acids is 3. The Balaban J connectivity index is 1.96. The fourth-order valence-electron chi connectivity index (χ4n) is 5.21. The molecule has 3 rings (SSSR count). The summed E-state index contributed by atoms with van der Waals surface area (Å²) in [4.78, 5) is 39.1. The lowest BCUT2D eigenvalue weighted by Crippen LogP contribution is -2.66. The second kappa shape index (κ2) is 13.3. The molecule has 2 aromatic carbocycles. The molecule has 0 aliphatic heterocycles. The van der Waals surface area contributed by atoms with E-state index in [-0.39, 0.29) is 30.6 Å². The average molecular weight is 561 g/mol. The van der Waals surface area contributed by atoms with Gasteiger partial charge in [-0.1, -0.05) is 96.1 Å². The van der Waals surface area contributed by atoms with Crippen LogP contribution in [-0.2, 0) is 19.1 Å². The fraction of sp³-hybridized carbons (Fsp3) is 0.441. The number of nitrogens with one attached hydrogen (secondary N) is 2. The highest BCUT2D eigenvalue weighted by molar-refractivity contribution is 6.07. The molecule has 0 fully saturated rings. The van der Waals surface area contributed by atoms with Crippen LogP contribution in [0.25, 0.3) is 0 Å². The van der Waals surface area contributed by atoms with Crippen molar-refractivity contribution in [2.45, 2.75) is 72.4 Å². The number of ketones is 1. The predicted molar refractivity (Wildman–Crippen MR) is 162 cm³/mol.